The fourth-order valence-corrected chi connectivity index (χ4v) is 4.23. The van der Waals surface area contributed by atoms with Gasteiger partial charge in [-0.25, -0.2) is 4.79 Å². The molecule has 0 radical (unpaired) electrons. The van der Waals surface area contributed by atoms with Gasteiger partial charge in [-0.1, -0.05) is 78.4 Å². The van der Waals surface area contributed by atoms with Crippen LogP contribution in [0.3, 0.4) is 0 Å². The number of amides is 1. The van der Waals surface area contributed by atoms with Crippen LogP contribution in [0.5, 0.6) is 0 Å². The molecule has 0 spiro atoms. The third-order valence-electron chi connectivity index (χ3n) is 5.75. The zero-order chi connectivity index (χ0) is 21.8. The van der Waals surface area contributed by atoms with Gasteiger partial charge in [-0.3, -0.25) is 4.79 Å². The molecular weight excluding hydrogens is 390 g/mol. The standard InChI is InChI=1S/C26H25NO4/c1-17-7-6-8-18(13-17)14-19(25(28)29)15-27-26(30)31-16-24-22-11-4-2-9-20(22)21-10-3-5-12-23(21)24/h2-13,19,24H,14-16H2,1H3,(H,27,30)(H,28,29). The quantitative estimate of drug-likeness (QED) is 0.582. The van der Waals surface area contributed by atoms with Gasteiger partial charge >= 0.3 is 12.1 Å². The smallest absolute Gasteiger partial charge is 0.407 e. The van der Waals surface area contributed by atoms with E-state index in [1.54, 1.807) is 0 Å². The molecule has 4 rings (SSSR count). The summed E-state index contributed by atoms with van der Waals surface area (Å²) in [5, 5.41) is 12.2. The summed E-state index contributed by atoms with van der Waals surface area (Å²) >= 11 is 0. The van der Waals surface area contributed by atoms with Crippen molar-refractivity contribution < 1.29 is 19.4 Å². The second-order valence-electron chi connectivity index (χ2n) is 7.93. The van der Waals surface area contributed by atoms with Gasteiger partial charge in [-0.2, -0.15) is 0 Å². The van der Waals surface area contributed by atoms with Crippen LogP contribution in [0, 0.1) is 12.8 Å². The number of ether oxygens (including phenoxy) is 1. The molecule has 5 nitrogen and oxygen atoms in total. The van der Waals surface area contributed by atoms with Crippen LogP contribution in [0.4, 0.5) is 4.79 Å². The number of rotatable bonds is 7. The highest BCUT2D eigenvalue weighted by molar-refractivity contribution is 5.79. The molecule has 1 aliphatic rings. The molecule has 3 aromatic carbocycles. The number of aryl methyl sites for hydroxylation is 1. The number of carbonyl (C=O) groups is 2. The van der Waals surface area contributed by atoms with Crippen LogP contribution in [-0.2, 0) is 16.0 Å². The van der Waals surface area contributed by atoms with Crippen LogP contribution in [-0.4, -0.2) is 30.3 Å². The fraction of sp³-hybridized carbons (Fsp3) is 0.231. The first kappa shape index (κ1) is 20.7. The number of alkyl carbamates (subject to hydrolysis) is 1. The van der Waals surface area contributed by atoms with Crippen LogP contribution in [0.15, 0.2) is 72.8 Å². The van der Waals surface area contributed by atoms with E-state index in [1.165, 1.54) is 0 Å². The molecule has 1 aliphatic carbocycles. The normalized spacial score (nSPS) is 13.2. The first-order valence-corrected chi connectivity index (χ1v) is 10.4. The number of carboxylic acids is 1. The molecule has 3 aromatic rings. The van der Waals surface area contributed by atoms with E-state index in [1.807, 2.05) is 55.5 Å². The summed E-state index contributed by atoms with van der Waals surface area (Å²) in [6.07, 6.45) is -0.252. The van der Waals surface area contributed by atoms with Crippen molar-refractivity contribution >= 4 is 12.1 Å². The van der Waals surface area contributed by atoms with Crippen molar-refractivity contribution in [2.75, 3.05) is 13.2 Å². The lowest BCUT2D eigenvalue weighted by atomic mass is 9.98. The highest BCUT2D eigenvalue weighted by Crippen LogP contribution is 2.44. The Morgan fingerprint density at radius 2 is 1.61 bits per heavy atom. The maximum Gasteiger partial charge on any atom is 0.407 e. The van der Waals surface area contributed by atoms with Crippen LogP contribution < -0.4 is 5.32 Å². The average molecular weight is 415 g/mol. The molecule has 0 saturated carbocycles. The van der Waals surface area contributed by atoms with E-state index in [0.717, 1.165) is 33.4 Å². The second-order valence-corrected chi connectivity index (χ2v) is 7.93. The van der Waals surface area contributed by atoms with Crippen LogP contribution in [0.2, 0.25) is 0 Å². The number of carbonyl (C=O) groups excluding carboxylic acids is 1. The first-order valence-electron chi connectivity index (χ1n) is 10.4. The molecular formula is C26H25NO4. The SMILES string of the molecule is Cc1cccc(CC(CNC(=O)OCC2c3ccccc3-c3ccccc32)C(=O)O)c1. The Morgan fingerprint density at radius 3 is 2.23 bits per heavy atom. The van der Waals surface area contributed by atoms with Gasteiger partial charge < -0.3 is 15.2 Å². The van der Waals surface area contributed by atoms with Crippen molar-refractivity contribution in [3.05, 3.63) is 95.1 Å². The van der Waals surface area contributed by atoms with E-state index in [-0.39, 0.29) is 19.1 Å². The zero-order valence-electron chi connectivity index (χ0n) is 17.4. The second kappa shape index (κ2) is 9.04. The lowest BCUT2D eigenvalue weighted by Gasteiger charge is -2.16. The van der Waals surface area contributed by atoms with Gasteiger partial charge in [0.1, 0.15) is 6.61 Å². The van der Waals surface area contributed by atoms with Gasteiger partial charge in [0.05, 0.1) is 5.92 Å². The van der Waals surface area contributed by atoms with E-state index in [2.05, 4.69) is 29.6 Å². The summed E-state index contributed by atoms with van der Waals surface area (Å²) in [5.41, 5.74) is 6.61. The summed E-state index contributed by atoms with van der Waals surface area (Å²) in [7, 11) is 0. The average Bonchev–Trinajstić information content (AvgIpc) is 3.09. The number of hydrogen-bond donors (Lipinski definition) is 2. The number of nitrogens with one attached hydrogen (secondary N) is 1. The molecule has 0 heterocycles. The maximum absolute atomic E-state index is 12.3. The van der Waals surface area contributed by atoms with Gasteiger partial charge in [0.15, 0.2) is 0 Å². The lowest BCUT2D eigenvalue weighted by molar-refractivity contribution is -0.141. The van der Waals surface area contributed by atoms with Crippen molar-refractivity contribution in [3.8, 4) is 11.1 Å². The molecule has 2 N–H and O–H groups in total. The van der Waals surface area contributed by atoms with E-state index in [9.17, 15) is 14.7 Å². The third kappa shape index (κ3) is 4.61. The summed E-state index contributed by atoms with van der Waals surface area (Å²) in [6, 6.07) is 24.0. The Balaban J connectivity index is 1.36. The van der Waals surface area contributed by atoms with E-state index in [0.29, 0.717) is 6.42 Å². The van der Waals surface area contributed by atoms with Crippen molar-refractivity contribution in [2.45, 2.75) is 19.3 Å². The molecule has 0 fully saturated rings. The third-order valence-corrected chi connectivity index (χ3v) is 5.75. The number of aliphatic carboxylic acids is 1. The van der Waals surface area contributed by atoms with Gasteiger partial charge in [-0.05, 0) is 41.2 Å². The van der Waals surface area contributed by atoms with E-state index < -0.39 is 18.0 Å². The first-order chi connectivity index (χ1) is 15.0. The maximum atomic E-state index is 12.3. The Kier molecular flexibility index (Phi) is 6.03. The Labute approximate surface area is 181 Å². The van der Waals surface area contributed by atoms with E-state index >= 15 is 0 Å². The Morgan fingerprint density at radius 1 is 0.968 bits per heavy atom. The van der Waals surface area contributed by atoms with Crippen molar-refractivity contribution in [1.82, 2.24) is 5.32 Å². The van der Waals surface area contributed by atoms with Crippen molar-refractivity contribution in [3.63, 3.8) is 0 Å². The molecule has 0 aromatic heterocycles. The van der Waals surface area contributed by atoms with Gasteiger partial charge in [0.2, 0.25) is 0 Å². The summed E-state index contributed by atoms with van der Waals surface area (Å²) in [5.74, 6) is -1.69. The van der Waals surface area contributed by atoms with Crippen LogP contribution >= 0.6 is 0 Å². The summed E-state index contributed by atoms with van der Waals surface area (Å²) in [6.45, 7) is 2.18. The number of hydrogen-bond acceptors (Lipinski definition) is 3. The number of carboxylic acid groups (broad SMARTS) is 1. The molecule has 31 heavy (non-hydrogen) atoms. The van der Waals surface area contributed by atoms with Gasteiger partial charge in [-0.15, -0.1) is 0 Å². The van der Waals surface area contributed by atoms with Crippen LogP contribution in [0.25, 0.3) is 11.1 Å². The highest BCUT2D eigenvalue weighted by atomic mass is 16.5. The van der Waals surface area contributed by atoms with Crippen molar-refractivity contribution in [2.24, 2.45) is 5.92 Å². The summed E-state index contributed by atoms with van der Waals surface area (Å²) < 4.78 is 5.50. The largest absolute Gasteiger partial charge is 0.481 e. The topological polar surface area (TPSA) is 75.6 Å². The highest BCUT2D eigenvalue weighted by Gasteiger charge is 2.29. The van der Waals surface area contributed by atoms with E-state index in [4.69, 9.17) is 4.74 Å². The predicted molar refractivity (Wildman–Crippen MR) is 119 cm³/mol. The lowest BCUT2D eigenvalue weighted by Crippen LogP contribution is -2.35. The monoisotopic (exact) mass is 415 g/mol. The molecule has 158 valence electrons. The molecule has 0 bridgehead atoms. The summed E-state index contributed by atoms with van der Waals surface area (Å²) in [4.78, 5) is 24.0. The molecule has 1 amide bonds. The molecule has 0 saturated heterocycles. The van der Waals surface area contributed by atoms with Crippen molar-refractivity contribution in [1.29, 1.82) is 0 Å². The Bertz CT molecular complexity index is 1060. The molecule has 0 aliphatic heterocycles. The number of benzene rings is 3. The zero-order valence-corrected chi connectivity index (χ0v) is 17.4. The minimum absolute atomic E-state index is 0.0138. The minimum atomic E-state index is -0.944. The Hall–Kier alpha value is -3.60. The molecule has 1 atom stereocenters. The molecule has 1 unspecified atom stereocenters. The predicted octanol–water partition coefficient (Wildman–Crippen LogP) is 4.78. The van der Waals surface area contributed by atoms with Gasteiger partial charge in [0, 0.05) is 12.5 Å². The molecule has 5 heteroatoms. The van der Waals surface area contributed by atoms with Crippen LogP contribution in [0.1, 0.15) is 28.2 Å². The minimum Gasteiger partial charge on any atom is -0.481 e. The number of fused-ring (bicyclic) bond motifs is 3. The van der Waals surface area contributed by atoms with Gasteiger partial charge in [0.25, 0.3) is 0 Å². The fourth-order valence-electron chi connectivity index (χ4n) is 4.23.